The number of carbonyl (C=O) groups excluding carboxylic acids is 2. The number of nitriles is 1. The maximum Gasteiger partial charge on any atom is 0.256 e. The number of amides is 2. The van der Waals surface area contributed by atoms with E-state index < -0.39 is 6.04 Å². The van der Waals surface area contributed by atoms with Gasteiger partial charge >= 0.3 is 0 Å². The lowest BCUT2D eigenvalue weighted by Crippen LogP contribution is -2.45. The molecule has 1 aliphatic heterocycles. The van der Waals surface area contributed by atoms with Crippen molar-refractivity contribution in [3.63, 3.8) is 0 Å². The van der Waals surface area contributed by atoms with Crippen LogP contribution in [0.25, 0.3) is 0 Å². The van der Waals surface area contributed by atoms with Gasteiger partial charge in [-0.3, -0.25) is 14.6 Å². The zero-order valence-electron chi connectivity index (χ0n) is 21.4. The predicted molar refractivity (Wildman–Crippen MR) is 132 cm³/mol. The van der Waals surface area contributed by atoms with Crippen molar-refractivity contribution < 1.29 is 9.59 Å². The number of rotatable bonds is 11. The second-order valence-electron chi connectivity index (χ2n) is 9.12. The Morgan fingerprint density at radius 2 is 1.94 bits per heavy atom. The largest absolute Gasteiger partial charge is 0.344 e. The summed E-state index contributed by atoms with van der Waals surface area (Å²) < 4.78 is 0. The molecule has 7 heteroatoms. The third-order valence-electron chi connectivity index (χ3n) is 6.45. The third-order valence-corrected chi connectivity index (χ3v) is 6.45. The van der Waals surface area contributed by atoms with Crippen molar-refractivity contribution in [3.8, 4) is 6.07 Å². The minimum Gasteiger partial charge on any atom is -0.344 e. The first-order chi connectivity index (χ1) is 15.7. The van der Waals surface area contributed by atoms with E-state index in [1.54, 1.807) is 18.1 Å². The fraction of sp³-hybridized carbons (Fsp3) is 0.692. The first kappa shape index (κ1) is 28.6. The summed E-state index contributed by atoms with van der Waals surface area (Å²) >= 11 is 0. The molecule has 33 heavy (non-hydrogen) atoms. The summed E-state index contributed by atoms with van der Waals surface area (Å²) in [6.45, 7) is 11.6. The molecule has 0 saturated heterocycles. The lowest BCUT2D eigenvalue weighted by Gasteiger charge is -2.25. The Bertz CT molecular complexity index is 787. The van der Waals surface area contributed by atoms with E-state index in [4.69, 9.17) is 11.0 Å². The number of likely N-dealkylation sites (N-methyl/N-ethyl adjacent to an activating group) is 1. The number of aromatic nitrogens is 1. The highest BCUT2D eigenvalue weighted by Crippen LogP contribution is 2.24. The average Bonchev–Trinajstić information content (AvgIpc) is 3.15. The van der Waals surface area contributed by atoms with E-state index >= 15 is 0 Å². The van der Waals surface area contributed by atoms with Gasteiger partial charge in [0.2, 0.25) is 5.91 Å². The lowest BCUT2D eigenvalue weighted by atomic mass is 9.96. The number of nitrogens with zero attached hydrogens (tertiary/aromatic N) is 4. The number of nitrogens with two attached hydrogens (primary N) is 1. The Kier molecular flexibility index (Phi) is 12.7. The molecule has 1 aromatic heterocycles. The van der Waals surface area contributed by atoms with Crippen molar-refractivity contribution in [2.75, 3.05) is 13.6 Å². The van der Waals surface area contributed by atoms with Crippen molar-refractivity contribution in [1.82, 2.24) is 14.8 Å². The predicted octanol–water partition coefficient (Wildman–Crippen LogP) is 4.37. The smallest absolute Gasteiger partial charge is 0.256 e. The summed E-state index contributed by atoms with van der Waals surface area (Å²) in [5, 5.41) is 8.68. The molecule has 0 saturated carbocycles. The summed E-state index contributed by atoms with van der Waals surface area (Å²) in [5.74, 6) is 0.441. The van der Waals surface area contributed by atoms with Crippen molar-refractivity contribution in [3.05, 3.63) is 29.6 Å². The van der Waals surface area contributed by atoms with Crippen LogP contribution >= 0.6 is 0 Å². The van der Waals surface area contributed by atoms with Gasteiger partial charge in [-0.25, -0.2) is 0 Å². The van der Waals surface area contributed by atoms with E-state index in [1.165, 1.54) is 0 Å². The molecule has 0 aliphatic carbocycles. The number of carbonyl (C=O) groups is 2. The molecule has 7 nitrogen and oxygen atoms in total. The second-order valence-corrected chi connectivity index (χ2v) is 9.12. The van der Waals surface area contributed by atoms with Crippen molar-refractivity contribution in [1.29, 1.82) is 5.26 Å². The van der Waals surface area contributed by atoms with Gasteiger partial charge in [0.1, 0.15) is 0 Å². The summed E-state index contributed by atoms with van der Waals surface area (Å²) in [5.41, 5.74) is 7.67. The van der Waals surface area contributed by atoms with Crippen LogP contribution in [0, 0.1) is 23.2 Å². The van der Waals surface area contributed by atoms with Crippen LogP contribution in [-0.4, -0.2) is 52.3 Å². The Morgan fingerprint density at radius 1 is 1.27 bits per heavy atom. The minimum atomic E-state index is -0.400. The van der Waals surface area contributed by atoms with Crippen LogP contribution in [0.3, 0.4) is 0 Å². The first-order valence-electron chi connectivity index (χ1n) is 12.4. The highest BCUT2D eigenvalue weighted by molar-refractivity contribution is 5.97. The van der Waals surface area contributed by atoms with E-state index in [-0.39, 0.29) is 23.7 Å². The van der Waals surface area contributed by atoms with Crippen LogP contribution < -0.4 is 5.73 Å². The van der Waals surface area contributed by atoms with Gasteiger partial charge in [0.15, 0.2) is 0 Å². The number of hydrogen-bond donors (Lipinski definition) is 1. The third kappa shape index (κ3) is 8.43. The molecule has 0 radical (unpaired) electrons. The minimum absolute atomic E-state index is 0.0144. The monoisotopic (exact) mass is 457 g/mol. The van der Waals surface area contributed by atoms with E-state index in [9.17, 15) is 9.59 Å². The maximum absolute atomic E-state index is 12.0. The van der Waals surface area contributed by atoms with Gasteiger partial charge in [-0.15, -0.1) is 0 Å². The average molecular weight is 458 g/mol. The summed E-state index contributed by atoms with van der Waals surface area (Å²) in [6.07, 6.45) is 7.48. The molecular formula is C26H43N5O2. The Balaban J connectivity index is 0.000000334. The quantitative estimate of drug-likeness (QED) is 0.531. The molecule has 184 valence electrons. The Hall–Kier alpha value is -2.46. The highest BCUT2D eigenvalue weighted by Gasteiger charge is 2.31. The fourth-order valence-corrected chi connectivity index (χ4v) is 4.11. The summed E-state index contributed by atoms with van der Waals surface area (Å²) in [4.78, 5) is 32.0. The van der Waals surface area contributed by atoms with Crippen LogP contribution in [0.2, 0.25) is 0 Å². The van der Waals surface area contributed by atoms with Gasteiger partial charge in [-0.1, -0.05) is 34.1 Å². The van der Waals surface area contributed by atoms with Crippen LogP contribution in [0.4, 0.5) is 0 Å². The van der Waals surface area contributed by atoms with Crippen LogP contribution in [0.1, 0.15) is 89.2 Å². The highest BCUT2D eigenvalue weighted by atomic mass is 16.2. The zero-order valence-corrected chi connectivity index (χ0v) is 21.4. The molecule has 0 fully saturated rings. The van der Waals surface area contributed by atoms with E-state index in [0.29, 0.717) is 19.1 Å². The topological polar surface area (TPSA) is 103 Å². The SMILES string of the molecule is CCC(CC)N1Cc2ncccc2C1=O.CCCC(C)C(N)C(=O)N(C)CCCC(C)C#N. The molecule has 2 heterocycles. The molecule has 2 N–H and O–H groups in total. The van der Waals surface area contributed by atoms with Gasteiger partial charge in [0.05, 0.1) is 29.9 Å². The molecule has 0 aromatic carbocycles. The first-order valence-corrected chi connectivity index (χ1v) is 12.4. The molecule has 2 amide bonds. The van der Waals surface area contributed by atoms with Crippen molar-refractivity contribution >= 4 is 11.8 Å². The molecule has 1 aliphatic rings. The van der Waals surface area contributed by atoms with Crippen molar-refractivity contribution in [2.45, 2.75) is 91.8 Å². The Morgan fingerprint density at radius 3 is 2.48 bits per heavy atom. The molecular weight excluding hydrogens is 414 g/mol. The summed E-state index contributed by atoms with van der Waals surface area (Å²) in [6, 6.07) is 5.85. The fourth-order valence-electron chi connectivity index (χ4n) is 4.11. The Labute approximate surface area is 200 Å². The molecule has 1 aromatic rings. The van der Waals surface area contributed by atoms with E-state index in [1.807, 2.05) is 30.9 Å². The molecule has 3 atom stereocenters. The number of hydrogen-bond acceptors (Lipinski definition) is 5. The molecule has 0 spiro atoms. The number of fused-ring (bicyclic) bond motifs is 1. The van der Waals surface area contributed by atoms with Crippen molar-refractivity contribution in [2.24, 2.45) is 17.6 Å². The number of pyridine rings is 1. The van der Waals surface area contributed by atoms with Gasteiger partial charge in [0.25, 0.3) is 5.91 Å². The second kappa shape index (κ2) is 14.6. The molecule has 2 rings (SSSR count). The summed E-state index contributed by atoms with van der Waals surface area (Å²) in [7, 11) is 1.79. The van der Waals surface area contributed by atoms with Crippen LogP contribution in [0.5, 0.6) is 0 Å². The molecule has 0 bridgehead atoms. The standard InChI is InChI=1S/C14H27N3O.C12H16N2O/c1-5-7-12(3)13(16)14(18)17(4)9-6-8-11(2)10-15;1-3-9(4-2)14-8-11-10(12(14)15)6-5-7-13-11/h11-13H,5-9,16H2,1-4H3;5-7,9H,3-4,8H2,1-2H3. The van der Waals surface area contributed by atoms with Gasteiger partial charge < -0.3 is 15.5 Å². The van der Waals surface area contributed by atoms with E-state index in [0.717, 1.165) is 49.8 Å². The normalized spacial score (nSPS) is 15.2. The lowest BCUT2D eigenvalue weighted by molar-refractivity contribution is -0.132. The zero-order chi connectivity index (χ0) is 25.0. The van der Waals surface area contributed by atoms with Crippen LogP contribution in [-0.2, 0) is 11.3 Å². The van der Waals surface area contributed by atoms with Gasteiger partial charge in [-0.2, -0.15) is 5.26 Å². The molecule has 3 unspecified atom stereocenters. The maximum atomic E-state index is 12.0. The van der Waals surface area contributed by atoms with Crippen LogP contribution in [0.15, 0.2) is 18.3 Å². The van der Waals surface area contributed by atoms with E-state index in [2.05, 4.69) is 31.8 Å². The van der Waals surface area contributed by atoms with Gasteiger partial charge in [0, 0.05) is 31.7 Å². The van der Waals surface area contributed by atoms with Gasteiger partial charge in [-0.05, 0) is 57.1 Å².